The highest BCUT2D eigenvalue weighted by atomic mass is 15.3. The van der Waals surface area contributed by atoms with Crippen molar-refractivity contribution in [2.24, 2.45) is 7.05 Å². The fourth-order valence-corrected chi connectivity index (χ4v) is 3.40. The third-order valence-corrected chi connectivity index (χ3v) is 4.97. The van der Waals surface area contributed by atoms with Gasteiger partial charge in [0.1, 0.15) is 0 Å². The van der Waals surface area contributed by atoms with E-state index in [4.69, 9.17) is 5.10 Å². The molecule has 2 aromatic carbocycles. The van der Waals surface area contributed by atoms with Gasteiger partial charge >= 0.3 is 0 Å². The van der Waals surface area contributed by atoms with E-state index >= 15 is 0 Å². The fraction of sp³-hybridized carbons (Fsp3) is 0.217. The SMILES string of the molecule is CN(CCc1ccnn1C)Cc1cn(-c2ccccc2)nc1-c1ccccc1. The van der Waals surface area contributed by atoms with E-state index in [1.54, 1.807) is 0 Å². The molecule has 5 nitrogen and oxygen atoms in total. The summed E-state index contributed by atoms with van der Waals surface area (Å²) < 4.78 is 3.92. The van der Waals surface area contributed by atoms with Gasteiger partial charge in [-0.15, -0.1) is 0 Å². The molecule has 2 heterocycles. The lowest BCUT2D eigenvalue weighted by molar-refractivity contribution is 0.328. The molecule has 4 aromatic rings. The van der Waals surface area contributed by atoms with Gasteiger partial charge in [-0.05, 0) is 25.2 Å². The van der Waals surface area contributed by atoms with Gasteiger partial charge in [0.2, 0.25) is 0 Å². The zero-order valence-electron chi connectivity index (χ0n) is 16.4. The van der Waals surface area contributed by atoms with Crippen molar-refractivity contribution in [2.45, 2.75) is 13.0 Å². The summed E-state index contributed by atoms with van der Waals surface area (Å²) in [6.07, 6.45) is 4.98. The molecular weight excluding hydrogens is 346 g/mol. The standard InChI is InChI=1S/C23H25N5/c1-26(16-14-21-13-15-24-27(21)2)17-20-18-28(22-11-7-4-8-12-22)25-23(20)19-9-5-3-6-10-19/h3-13,15,18H,14,16-17H2,1-2H3. The number of aryl methyl sites for hydroxylation is 1. The Morgan fingerprint density at radius 2 is 1.64 bits per heavy atom. The van der Waals surface area contributed by atoms with E-state index in [0.717, 1.165) is 36.5 Å². The molecule has 2 aromatic heterocycles. The van der Waals surface area contributed by atoms with Gasteiger partial charge in [-0.1, -0.05) is 48.5 Å². The smallest absolute Gasteiger partial charge is 0.0972 e. The van der Waals surface area contributed by atoms with Crippen molar-refractivity contribution < 1.29 is 0 Å². The van der Waals surface area contributed by atoms with Crippen molar-refractivity contribution in [1.82, 2.24) is 24.5 Å². The van der Waals surface area contributed by atoms with Crippen molar-refractivity contribution in [1.29, 1.82) is 0 Å². The molecule has 0 spiro atoms. The first-order valence-electron chi connectivity index (χ1n) is 9.55. The van der Waals surface area contributed by atoms with Crippen LogP contribution in [0.4, 0.5) is 0 Å². The first-order chi connectivity index (χ1) is 13.7. The van der Waals surface area contributed by atoms with Gasteiger partial charge in [-0.25, -0.2) is 4.68 Å². The maximum Gasteiger partial charge on any atom is 0.0972 e. The van der Waals surface area contributed by atoms with E-state index in [-0.39, 0.29) is 0 Å². The van der Waals surface area contributed by atoms with E-state index in [1.807, 2.05) is 46.9 Å². The van der Waals surface area contributed by atoms with Crippen LogP contribution in [0.3, 0.4) is 0 Å². The van der Waals surface area contributed by atoms with Crippen LogP contribution < -0.4 is 0 Å². The largest absolute Gasteiger partial charge is 0.302 e. The van der Waals surface area contributed by atoms with Gasteiger partial charge < -0.3 is 4.90 Å². The lowest BCUT2D eigenvalue weighted by Crippen LogP contribution is -2.21. The van der Waals surface area contributed by atoms with Crippen LogP contribution in [0.25, 0.3) is 16.9 Å². The minimum atomic E-state index is 0.842. The molecule has 0 bridgehead atoms. The Balaban J connectivity index is 1.58. The average molecular weight is 371 g/mol. The van der Waals surface area contributed by atoms with Gasteiger partial charge in [-0.3, -0.25) is 4.68 Å². The van der Waals surface area contributed by atoms with Crippen molar-refractivity contribution >= 4 is 0 Å². The molecule has 0 amide bonds. The molecule has 5 heteroatoms. The topological polar surface area (TPSA) is 38.9 Å². The lowest BCUT2D eigenvalue weighted by Gasteiger charge is -2.16. The summed E-state index contributed by atoms with van der Waals surface area (Å²) in [5.41, 5.74) is 5.73. The molecule has 0 saturated carbocycles. The first kappa shape index (κ1) is 18.2. The minimum absolute atomic E-state index is 0.842. The Labute approximate surface area is 165 Å². The van der Waals surface area contributed by atoms with Crippen molar-refractivity contribution in [3.05, 3.63) is 90.4 Å². The number of para-hydroxylation sites is 1. The minimum Gasteiger partial charge on any atom is -0.302 e. The summed E-state index contributed by atoms with van der Waals surface area (Å²) in [5.74, 6) is 0. The molecule has 4 rings (SSSR count). The van der Waals surface area contributed by atoms with Gasteiger partial charge in [0.05, 0.1) is 11.4 Å². The lowest BCUT2D eigenvalue weighted by atomic mass is 10.1. The number of hydrogen-bond donors (Lipinski definition) is 0. The quantitative estimate of drug-likeness (QED) is 0.494. The van der Waals surface area contributed by atoms with E-state index in [1.165, 1.54) is 11.3 Å². The van der Waals surface area contributed by atoms with Crippen molar-refractivity contribution in [3.63, 3.8) is 0 Å². The van der Waals surface area contributed by atoms with Crippen LogP contribution in [0.5, 0.6) is 0 Å². The summed E-state index contributed by atoms with van der Waals surface area (Å²) in [6, 6.07) is 22.8. The molecule has 0 aliphatic rings. The highest BCUT2D eigenvalue weighted by Crippen LogP contribution is 2.24. The Hall–Kier alpha value is -3.18. The number of hydrogen-bond acceptors (Lipinski definition) is 3. The monoisotopic (exact) mass is 371 g/mol. The number of benzene rings is 2. The van der Waals surface area contributed by atoms with Crippen LogP contribution in [0, 0.1) is 0 Å². The van der Waals surface area contributed by atoms with E-state index in [9.17, 15) is 0 Å². The zero-order chi connectivity index (χ0) is 19.3. The summed E-state index contributed by atoms with van der Waals surface area (Å²) in [7, 11) is 4.15. The maximum absolute atomic E-state index is 4.90. The van der Waals surface area contributed by atoms with Crippen LogP contribution in [0.15, 0.2) is 79.1 Å². The second-order valence-corrected chi connectivity index (χ2v) is 7.08. The van der Waals surface area contributed by atoms with Gasteiger partial charge in [0, 0.05) is 55.8 Å². The Morgan fingerprint density at radius 3 is 2.32 bits per heavy atom. The maximum atomic E-state index is 4.90. The number of nitrogens with zero attached hydrogens (tertiary/aromatic N) is 5. The van der Waals surface area contributed by atoms with E-state index in [0.29, 0.717) is 0 Å². The molecule has 0 unspecified atom stereocenters. The van der Waals surface area contributed by atoms with Crippen LogP contribution >= 0.6 is 0 Å². The molecule has 0 aliphatic carbocycles. The van der Waals surface area contributed by atoms with Crippen LogP contribution in [0.1, 0.15) is 11.3 Å². The highest BCUT2D eigenvalue weighted by Gasteiger charge is 2.14. The summed E-state index contributed by atoms with van der Waals surface area (Å²) in [6.45, 7) is 1.80. The second kappa shape index (κ2) is 8.23. The number of likely N-dealkylation sites (N-methyl/N-ethyl adjacent to an activating group) is 1. The Bertz CT molecular complexity index is 1020. The summed E-state index contributed by atoms with van der Waals surface area (Å²) >= 11 is 0. The average Bonchev–Trinajstić information content (AvgIpc) is 3.34. The molecule has 0 saturated heterocycles. The number of aromatic nitrogens is 4. The Kier molecular flexibility index (Phi) is 5.35. The van der Waals surface area contributed by atoms with Gasteiger partial charge in [-0.2, -0.15) is 10.2 Å². The molecule has 142 valence electrons. The van der Waals surface area contributed by atoms with Crippen molar-refractivity contribution in [2.75, 3.05) is 13.6 Å². The van der Waals surface area contributed by atoms with Gasteiger partial charge in [0.15, 0.2) is 0 Å². The second-order valence-electron chi connectivity index (χ2n) is 7.08. The summed E-state index contributed by atoms with van der Waals surface area (Å²) in [5, 5.41) is 9.16. The Morgan fingerprint density at radius 1 is 0.929 bits per heavy atom. The normalized spacial score (nSPS) is 11.2. The molecule has 0 aliphatic heterocycles. The van der Waals surface area contributed by atoms with Crippen LogP contribution in [0.2, 0.25) is 0 Å². The number of rotatable bonds is 7. The molecule has 28 heavy (non-hydrogen) atoms. The van der Waals surface area contributed by atoms with E-state index in [2.05, 4.69) is 65.7 Å². The highest BCUT2D eigenvalue weighted by molar-refractivity contribution is 5.63. The third-order valence-electron chi connectivity index (χ3n) is 4.97. The predicted molar refractivity (Wildman–Crippen MR) is 112 cm³/mol. The summed E-state index contributed by atoms with van der Waals surface area (Å²) in [4.78, 5) is 2.34. The predicted octanol–water partition coefficient (Wildman–Crippen LogP) is 3.95. The first-order valence-corrected chi connectivity index (χ1v) is 9.55. The third kappa shape index (κ3) is 4.05. The molecular formula is C23H25N5. The zero-order valence-corrected chi connectivity index (χ0v) is 16.4. The van der Waals surface area contributed by atoms with Gasteiger partial charge in [0.25, 0.3) is 0 Å². The fourth-order valence-electron chi connectivity index (χ4n) is 3.40. The van der Waals surface area contributed by atoms with E-state index < -0.39 is 0 Å². The van der Waals surface area contributed by atoms with Crippen molar-refractivity contribution in [3.8, 4) is 16.9 Å². The molecule has 0 radical (unpaired) electrons. The molecule has 0 fully saturated rings. The molecule has 0 N–H and O–H groups in total. The van der Waals surface area contributed by atoms with Crippen LogP contribution in [-0.4, -0.2) is 38.1 Å². The molecule has 0 atom stereocenters. The van der Waals surface area contributed by atoms with Crippen LogP contribution in [-0.2, 0) is 20.0 Å².